The number of sulfonamides is 1. The first-order valence-electron chi connectivity index (χ1n) is 6.44. The first kappa shape index (κ1) is 16.0. The number of primary sulfonamides is 1. The minimum Gasteiger partial charge on any atom is -0.309 e. The van der Waals surface area contributed by atoms with Crippen molar-refractivity contribution >= 4 is 21.8 Å². The third kappa shape index (κ3) is 4.86. The molecule has 0 amide bonds. The summed E-state index contributed by atoms with van der Waals surface area (Å²) in [7, 11) is -3.64. The summed E-state index contributed by atoms with van der Waals surface area (Å²) >= 11 is 1.71. The molecule has 0 aliphatic carbocycles. The van der Waals surface area contributed by atoms with Crippen LogP contribution in [0.3, 0.4) is 0 Å². The molecule has 0 aliphatic heterocycles. The van der Waals surface area contributed by atoms with Crippen LogP contribution in [0.4, 0.5) is 0 Å². The van der Waals surface area contributed by atoms with Gasteiger partial charge < -0.3 is 5.32 Å². The van der Waals surface area contributed by atoms with Gasteiger partial charge in [0.1, 0.15) is 0 Å². The van der Waals surface area contributed by atoms with Crippen molar-refractivity contribution in [2.75, 3.05) is 6.26 Å². The highest BCUT2D eigenvalue weighted by Crippen LogP contribution is 2.15. The maximum Gasteiger partial charge on any atom is 0.238 e. The fourth-order valence-corrected chi connectivity index (χ4v) is 2.92. The van der Waals surface area contributed by atoms with E-state index < -0.39 is 10.0 Å². The Kier molecular flexibility index (Phi) is 5.41. The van der Waals surface area contributed by atoms with Crippen LogP contribution in [0, 0.1) is 0 Å². The molecule has 2 aromatic rings. The largest absolute Gasteiger partial charge is 0.309 e. The second kappa shape index (κ2) is 7.09. The minimum atomic E-state index is -3.64. The Morgan fingerprint density at radius 3 is 2.33 bits per heavy atom. The smallest absolute Gasteiger partial charge is 0.238 e. The van der Waals surface area contributed by atoms with E-state index in [1.165, 1.54) is 16.5 Å². The molecule has 112 valence electrons. The average Bonchev–Trinajstić information content (AvgIpc) is 2.47. The molecule has 0 bridgehead atoms. The zero-order valence-electron chi connectivity index (χ0n) is 11.7. The lowest BCUT2D eigenvalue weighted by Crippen LogP contribution is -2.15. The maximum atomic E-state index is 11.3. The molecule has 2 aromatic carbocycles. The number of rotatable bonds is 6. The van der Waals surface area contributed by atoms with Gasteiger partial charge >= 0.3 is 0 Å². The van der Waals surface area contributed by atoms with E-state index in [-0.39, 0.29) is 4.90 Å². The van der Waals surface area contributed by atoms with E-state index in [0.717, 1.165) is 12.1 Å². The van der Waals surface area contributed by atoms with E-state index >= 15 is 0 Å². The first-order valence-corrected chi connectivity index (χ1v) is 9.21. The van der Waals surface area contributed by atoms with Gasteiger partial charge in [-0.25, -0.2) is 13.6 Å². The van der Waals surface area contributed by atoms with E-state index in [4.69, 9.17) is 5.14 Å². The molecule has 0 saturated heterocycles. The second-order valence-electron chi connectivity index (χ2n) is 4.64. The van der Waals surface area contributed by atoms with Crippen LogP contribution in [-0.2, 0) is 23.1 Å². The van der Waals surface area contributed by atoms with Crippen LogP contribution in [-0.4, -0.2) is 14.7 Å². The molecular formula is C15H18N2O2S2. The van der Waals surface area contributed by atoms with Crippen LogP contribution >= 0.6 is 11.8 Å². The number of nitrogens with one attached hydrogen (secondary N) is 1. The normalized spacial score (nSPS) is 11.5. The first-order chi connectivity index (χ1) is 9.99. The lowest BCUT2D eigenvalue weighted by atomic mass is 10.2. The molecule has 21 heavy (non-hydrogen) atoms. The quantitative estimate of drug-likeness (QED) is 0.801. The minimum absolute atomic E-state index is 0.145. The Balaban J connectivity index is 1.94. The Bertz CT molecular complexity index is 698. The summed E-state index contributed by atoms with van der Waals surface area (Å²) in [6.07, 6.45) is 2.05. The van der Waals surface area contributed by atoms with Crippen molar-refractivity contribution in [2.24, 2.45) is 5.14 Å². The van der Waals surface area contributed by atoms with Crippen LogP contribution in [0.25, 0.3) is 0 Å². The summed E-state index contributed by atoms with van der Waals surface area (Å²) in [4.78, 5) is 1.38. The number of hydrogen-bond donors (Lipinski definition) is 2. The Morgan fingerprint density at radius 2 is 1.71 bits per heavy atom. The van der Waals surface area contributed by atoms with Gasteiger partial charge in [-0.3, -0.25) is 0 Å². The van der Waals surface area contributed by atoms with Crippen molar-refractivity contribution in [3.8, 4) is 0 Å². The third-order valence-electron chi connectivity index (χ3n) is 3.04. The molecule has 6 heteroatoms. The van der Waals surface area contributed by atoms with E-state index in [2.05, 4.69) is 29.6 Å². The number of benzene rings is 2. The summed E-state index contributed by atoms with van der Waals surface area (Å²) in [5, 5.41) is 8.41. The molecular weight excluding hydrogens is 304 g/mol. The summed E-state index contributed by atoms with van der Waals surface area (Å²) in [6, 6.07) is 15.0. The standard InChI is InChI=1S/C15H18N2O2S2/c1-20-14-7-5-12(6-8-14)10-17-11-13-3-2-4-15(9-13)21(16,18)19/h2-9,17H,10-11H2,1H3,(H2,16,18,19). The van der Waals surface area contributed by atoms with Crippen molar-refractivity contribution in [1.82, 2.24) is 5.32 Å². The summed E-state index contributed by atoms with van der Waals surface area (Å²) < 4.78 is 22.6. The van der Waals surface area contributed by atoms with Crippen LogP contribution < -0.4 is 10.5 Å². The fraction of sp³-hybridized carbons (Fsp3) is 0.200. The maximum absolute atomic E-state index is 11.3. The van der Waals surface area contributed by atoms with Gasteiger partial charge in [0, 0.05) is 18.0 Å². The van der Waals surface area contributed by atoms with Crippen LogP contribution in [0.2, 0.25) is 0 Å². The summed E-state index contributed by atoms with van der Waals surface area (Å²) in [6.45, 7) is 1.32. The Hall–Kier alpha value is -1.34. The van der Waals surface area contributed by atoms with Crippen LogP contribution in [0.5, 0.6) is 0 Å². The second-order valence-corrected chi connectivity index (χ2v) is 7.09. The third-order valence-corrected chi connectivity index (χ3v) is 4.70. The highest BCUT2D eigenvalue weighted by atomic mass is 32.2. The van der Waals surface area contributed by atoms with Gasteiger partial charge in [0.15, 0.2) is 0 Å². The highest BCUT2D eigenvalue weighted by Gasteiger charge is 2.07. The summed E-state index contributed by atoms with van der Waals surface area (Å²) in [5.74, 6) is 0. The van der Waals surface area contributed by atoms with E-state index in [9.17, 15) is 8.42 Å². The van der Waals surface area contributed by atoms with E-state index in [1.807, 2.05) is 12.3 Å². The van der Waals surface area contributed by atoms with Crippen LogP contribution in [0.15, 0.2) is 58.3 Å². The molecule has 0 aromatic heterocycles. The van der Waals surface area contributed by atoms with Gasteiger partial charge in [0.05, 0.1) is 4.90 Å². The van der Waals surface area contributed by atoms with Crippen molar-refractivity contribution in [3.05, 3.63) is 59.7 Å². The predicted molar refractivity (Wildman–Crippen MR) is 86.6 cm³/mol. The molecule has 0 unspecified atom stereocenters. The lowest BCUT2D eigenvalue weighted by Gasteiger charge is -2.07. The van der Waals surface area contributed by atoms with Crippen molar-refractivity contribution in [2.45, 2.75) is 22.9 Å². The lowest BCUT2D eigenvalue weighted by molar-refractivity contribution is 0.597. The average molecular weight is 322 g/mol. The molecule has 2 rings (SSSR count). The van der Waals surface area contributed by atoms with Crippen molar-refractivity contribution in [1.29, 1.82) is 0 Å². The van der Waals surface area contributed by atoms with Gasteiger partial charge in [0.2, 0.25) is 10.0 Å². The predicted octanol–water partition coefficient (Wildman–Crippen LogP) is 2.35. The molecule has 0 saturated carbocycles. The van der Waals surface area contributed by atoms with Crippen molar-refractivity contribution < 1.29 is 8.42 Å². The van der Waals surface area contributed by atoms with Gasteiger partial charge in [-0.15, -0.1) is 11.8 Å². The molecule has 0 fully saturated rings. The van der Waals surface area contributed by atoms with E-state index in [0.29, 0.717) is 6.54 Å². The summed E-state index contributed by atoms with van der Waals surface area (Å²) in [5.41, 5.74) is 2.08. The number of nitrogens with two attached hydrogens (primary N) is 1. The zero-order valence-corrected chi connectivity index (χ0v) is 13.4. The van der Waals surface area contributed by atoms with E-state index in [1.54, 1.807) is 23.9 Å². The zero-order chi connectivity index (χ0) is 15.3. The molecule has 3 N–H and O–H groups in total. The Morgan fingerprint density at radius 1 is 1.05 bits per heavy atom. The monoisotopic (exact) mass is 322 g/mol. The molecule has 0 aliphatic rings. The molecule has 0 atom stereocenters. The highest BCUT2D eigenvalue weighted by molar-refractivity contribution is 7.98. The van der Waals surface area contributed by atoms with Gasteiger partial charge in [0.25, 0.3) is 0 Å². The fourth-order valence-electron chi connectivity index (χ4n) is 1.93. The Labute approximate surface area is 129 Å². The molecule has 0 heterocycles. The molecule has 4 nitrogen and oxygen atoms in total. The van der Waals surface area contributed by atoms with Crippen LogP contribution in [0.1, 0.15) is 11.1 Å². The molecule has 0 spiro atoms. The number of thioether (sulfide) groups is 1. The SMILES string of the molecule is CSc1ccc(CNCc2cccc(S(N)(=O)=O)c2)cc1. The van der Waals surface area contributed by atoms with Gasteiger partial charge in [-0.05, 0) is 41.6 Å². The number of hydrogen-bond acceptors (Lipinski definition) is 4. The molecule has 0 radical (unpaired) electrons. The van der Waals surface area contributed by atoms with Gasteiger partial charge in [-0.1, -0.05) is 24.3 Å². The topological polar surface area (TPSA) is 72.2 Å². The van der Waals surface area contributed by atoms with Gasteiger partial charge in [-0.2, -0.15) is 0 Å². The van der Waals surface area contributed by atoms with Crippen molar-refractivity contribution in [3.63, 3.8) is 0 Å².